The second kappa shape index (κ2) is 12.4. The number of nitrogens with one attached hydrogen (secondary N) is 2. The average Bonchev–Trinajstić information content (AvgIpc) is 3.40. The summed E-state index contributed by atoms with van der Waals surface area (Å²) < 4.78 is 19.1. The van der Waals surface area contributed by atoms with Gasteiger partial charge in [-0.05, 0) is 36.8 Å². The number of morpholine rings is 1. The smallest absolute Gasteiger partial charge is 0.333 e. The van der Waals surface area contributed by atoms with E-state index >= 15 is 0 Å². The Labute approximate surface area is 229 Å². The molecule has 3 aliphatic rings. The van der Waals surface area contributed by atoms with E-state index in [2.05, 4.69) is 15.2 Å². The first kappa shape index (κ1) is 28.9. The van der Waals surface area contributed by atoms with Gasteiger partial charge in [0.15, 0.2) is 6.10 Å². The molecule has 1 aromatic carbocycles. The summed E-state index contributed by atoms with van der Waals surface area (Å²) in [7, 11) is 0. The summed E-state index contributed by atoms with van der Waals surface area (Å²) in [6.07, 6.45) is -0.0805. The highest BCUT2D eigenvalue weighted by Gasteiger charge is 2.31. The third kappa shape index (κ3) is 6.55. The monoisotopic (exact) mass is 558 g/mol. The first-order chi connectivity index (χ1) is 19.0. The maximum Gasteiger partial charge on any atom is 0.333 e. The van der Waals surface area contributed by atoms with Gasteiger partial charge in [-0.25, -0.2) is 9.18 Å². The zero-order chi connectivity index (χ0) is 29.0. The van der Waals surface area contributed by atoms with Crippen LogP contribution in [0.5, 0.6) is 0 Å². The third-order valence-corrected chi connectivity index (χ3v) is 7.00. The summed E-state index contributed by atoms with van der Waals surface area (Å²) in [5, 5.41) is 26.9. The molecule has 40 heavy (non-hydrogen) atoms. The molecule has 1 fully saturated rings. The lowest BCUT2D eigenvalue weighted by molar-refractivity contribution is -0.152. The third-order valence-electron chi connectivity index (χ3n) is 7.00. The number of aromatic nitrogens is 1. The van der Waals surface area contributed by atoms with E-state index in [1.54, 1.807) is 12.1 Å². The minimum atomic E-state index is -1.79. The molecule has 0 radical (unpaired) electrons. The number of benzene rings is 1. The molecule has 12 nitrogen and oxygen atoms in total. The van der Waals surface area contributed by atoms with Crippen LogP contribution in [-0.2, 0) is 25.5 Å². The van der Waals surface area contributed by atoms with E-state index in [1.165, 1.54) is 12.1 Å². The molecule has 2 amide bonds. The molecule has 5 rings (SSSR count). The van der Waals surface area contributed by atoms with Gasteiger partial charge in [0.2, 0.25) is 0 Å². The number of carboxylic acids is 2. The van der Waals surface area contributed by atoms with Gasteiger partial charge < -0.3 is 35.3 Å². The molecule has 0 saturated carbocycles. The number of aromatic amines is 1. The Hall–Kier alpha value is -4.07. The molecular formula is C27H31FN4O8. The highest BCUT2D eigenvalue weighted by Crippen LogP contribution is 2.35. The lowest BCUT2D eigenvalue weighted by Gasteiger charge is -2.32. The summed E-state index contributed by atoms with van der Waals surface area (Å²) >= 11 is 0. The van der Waals surface area contributed by atoms with E-state index in [-0.39, 0.29) is 11.8 Å². The maximum absolute atomic E-state index is 13.7. The van der Waals surface area contributed by atoms with Crippen LogP contribution in [0.15, 0.2) is 18.2 Å². The maximum atomic E-state index is 13.7. The van der Waals surface area contributed by atoms with Gasteiger partial charge in [0.1, 0.15) is 5.82 Å². The minimum Gasteiger partial charge on any atom is -0.481 e. The number of aliphatic hydroxyl groups excluding tert-OH is 1. The quantitative estimate of drug-likeness (QED) is 0.313. The molecule has 214 valence electrons. The highest BCUT2D eigenvalue weighted by molar-refractivity contribution is 6.34. The Morgan fingerprint density at radius 1 is 1.15 bits per heavy atom. The lowest BCUT2D eigenvalue weighted by Crippen LogP contribution is -2.45. The molecule has 1 atom stereocenters. The predicted molar refractivity (Wildman–Crippen MR) is 141 cm³/mol. The van der Waals surface area contributed by atoms with Crippen LogP contribution in [-0.4, -0.2) is 106 Å². The summed E-state index contributed by atoms with van der Waals surface area (Å²) in [6, 6.07) is 4.24. The molecule has 13 heteroatoms. The number of carbonyl (C=O) groups is 4. The number of H-pyrrole nitrogens is 1. The number of nitrogens with zero attached hydrogens (tertiary/aromatic N) is 2. The normalized spacial score (nSPS) is 18.5. The molecular weight excluding hydrogens is 527 g/mol. The van der Waals surface area contributed by atoms with Crippen LogP contribution in [0.3, 0.4) is 0 Å². The zero-order valence-electron chi connectivity index (χ0n) is 21.9. The van der Waals surface area contributed by atoms with Crippen molar-refractivity contribution in [2.45, 2.75) is 25.9 Å². The van der Waals surface area contributed by atoms with Crippen LogP contribution >= 0.6 is 0 Å². The van der Waals surface area contributed by atoms with Crippen molar-refractivity contribution in [3.05, 3.63) is 52.1 Å². The van der Waals surface area contributed by atoms with Gasteiger partial charge in [0, 0.05) is 61.8 Å². The number of aliphatic carboxylic acids is 2. The van der Waals surface area contributed by atoms with Crippen LogP contribution in [0.1, 0.15) is 39.3 Å². The van der Waals surface area contributed by atoms with E-state index in [0.29, 0.717) is 35.5 Å². The van der Waals surface area contributed by atoms with Crippen LogP contribution in [0.2, 0.25) is 0 Å². The van der Waals surface area contributed by atoms with Crippen LogP contribution in [0, 0.1) is 12.7 Å². The number of amides is 2. The number of fused-ring (bicyclic) bond motifs is 2. The zero-order valence-corrected chi connectivity index (χ0v) is 21.9. The Kier molecular flexibility index (Phi) is 8.97. The summed E-state index contributed by atoms with van der Waals surface area (Å²) in [5.41, 5.74) is 4.66. The van der Waals surface area contributed by atoms with E-state index in [0.717, 1.165) is 56.2 Å². The average molecular weight is 559 g/mol. The largest absolute Gasteiger partial charge is 0.481 e. The minimum absolute atomic E-state index is 0.0234. The fraction of sp³-hybridized carbons (Fsp3) is 0.407. The Balaban J connectivity index is 0.000000357. The number of ether oxygens (including phenoxy) is 1. The molecule has 4 heterocycles. The van der Waals surface area contributed by atoms with Gasteiger partial charge in [0.25, 0.3) is 11.8 Å². The summed E-state index contributed by atoms with van der Waals surface area (Å²) in [5.74, 6) is -3.49. The number of hydrogen-bond donors (Lipinski definition) is 5. The van der Waals surface area contributed by atoms with Crippen molar-refractivity contribution in [3.8, 4) is 0 Å². The molecule has 1 unspecified atom stereocenters. The lowest BCUT2D eigenvalue weighted by atomic mass is 10.0. The Bertz CT molecular complexity index is 1350. The van der Waals surface area contributed by atoms with E-state index < -0.39 is 30.3 Å². The highest BCUT2D eigenvalue weighted by atomic mass is 19.1. The number of hydrogen-bond acceptors (Lipinski definition) is 7. The van der Waals surface area contributed by atoms with E-state index in [1.807, 2.05) is 11.8 Å². The van der Waals surface area contributed by atoms with Crippen LogP contribution in [0.25, 0.3) is 11.6 Å². The van der Waals surface area contributed by atoms with Crippen LogP contribution in [0.4, 0.5) is 10.1 Å². The van der Waals surface area contributed by atoms with Gasteiger partial charge in [-0.2, -0.15) is 0 Å². The number of halogens is 1. The second-order valence-electron chi connectivity index (χ2n) is 9.67. The number of carbonyl (C=O) groups excluding carboxylic acids is 2. The van der Waals surface area contributed by atoms with Gasteiger partial charge in [-0.1, -0.05) is 0 Å². The number of aliphatic hydroxyl groups is 1. The molecule has 3 aliphatic heterocycles. The molecule has 2 aromatic rings. The van der Waals surface area contributed by atoms with Crippen molar-refractivity contribution in [1.29, 1.82) is 0 Å². The fourth-order valence-corrected chi connectivity index (χ4v) is 4.81. The Morgan fingerprint density at radius 2 is 1.88 bits per heavy atom. The van der Waals surface area contributed by atoms with Gasteiger partial charge in [-0.3, -0.25) is 19.3 Å². The first-order valence-corrected chi connectivity index (χ1v) is 12.8. The fourth-order valence-electron chi connectivity index (χ4n) is 4.81. The first-order valence-electron chi connectivity index (χ1n) is 12.8. The van der Waals surface area contributed by atoms with E-state index in [9.17, 15) is 23.6 Å². The number of anilines is 1. The second-order valence-corrected chi connectivity index (χ2v) is 9.67. The molecule has 0 aliphatic carbocycles. The van der Waals surface area contributed by atoms with Gasteiger partial charge in [0.05, 0.1) is 30.8 Å². The summed E-state index contributed by atoms with van der Waals surface area (Å²) in [4.78, 5) is 52.6. The molecule has 1 saturated heterocycles. The molecule has 1 aromatic heterocycles. The van der Waals surface area contributed by atoms with Gasteiger partial charge in [-0.15, -0.1) is 0 Å². The number of carboxylic acid groups (broad SMARTS) is 2. The van der Waals surface area contributed by atoms with Gasteiger partial charge >= 0.3 is 11.9 Å². The van der Waals surface area contributed by atoms with Crippen molar-refractivity contribution in [2.75, 3.05) is 51.3 Å². The molecule has 0 bridgehead atoms. The predicted octanol–water partition coefficient (Wildman–Crippen LogP) is 1.19. The molecule has 5 N–H and O–H groups in total. The summed E-state index contributed by atoms with van der Waals surface area (Å²) in [6.45, 7) is 7.38. The van der Waals surface area contributed by atoms with Crippen molar-refractivity contribution in [3.63, 3.8) is 0 Å². The van der Waals surface area contributed by atoms with Crippen molar-refractivity contribution >= 4 is 41.1 Å². The van der Waals surface area contributed by atoms with Crippen molar-refractivity contribution < 1.29 is 43.6 Å². The van der Waals surface area contributed by atoms with Crippen molar-refractivity contribution in [2.24, 2.45) is 0 Å². The number of rotatable bonds is 7. The topological polar surface area (TPSA) is 172 Å². The van der Waals surface area contributed by atoms with Crippen molar-refractivity contribution in [1.82, 2.24) is 14.8 Å². The van der Waals surface area contributed by atoms with Crippen LogP contribution < -0.4 is 5.32 Å². The Morgan fingerprint density at radius 3 is 2.52 bits per heavy atom. The SMILES string of the molecule is Cc1c(C=C2C(=O)Nc3ccc(F)cc32)[nH]c2c1C(=O)N(CCN1CCOCC1)CC2.O=C(O)CC(O)C(=O)O. The standard InChI is InChI=1S/C23H25FN4O3.C4H6O5/c1-14-20(13-17-16-12-15(24)2-3-18(16)26-22(17)29)25-19-4-5-28(23(30)21(14)19)7-6-27-8-10-31-11-9-27;5-2(4(8)9)1-3(6)7/h2-3,12-13,25H,4-11H2,1H3,(H,26,29);2,5H,1H2,(H,6,7)(H,8,9). The van der Waals surface area contributed by atoms with E-state index in [4.69, 9.17) is 20.1 Å². The molecule has 0 spiro atoms.